The number of esters is 1. The Labute approximate surface area is 151 Å². The molecule has 0 unspecified atom stereocenters. The highest BCUT2D eigenvalue weighted by Crippen LogP contribution is 2.13. The van der Waals surface area contributed by atoms with Crippen LogP contribution < -0.4 is 0 Å². The van der Waals surface area contributed by atoms with Gasteiger partial charge in [-0.3, -0.25) is 0 Å². The van der Waals surface area contributed by atoms with Crippen LogP contribution in [0.5, 0.6) is 0 Å². The molecule has 0 spiro atoms. The second-order valence-corrected chi connectivity index (χ2v) is 6.25. The first-order valence-corrected chi connectivity index (χ1v) is 9.09. The number of carbonyl (C=O) groups excluding carboxylic acids is 1. The minimum atomic E-state index is -1.24. The Kier molecular flexibility index (Phi) is 14.0. The highest BCUT2D eigenvalue weighted by Gasteiger charge is 2.18. The summed E-state index contributed by atoms with van der Waals surface area (Å²) < 4.78 is 5.42. The molecule has 25 heavy (non-hydrogen) atoms. The minimum absolute atomic E-state index is 0.00551. The highest BCUT2D eigenvalue weighted by atomic mass is 16.5. The highest BCUT2D eigenvalue weighted by molar-refractivity contribution is 5.82. The van der Waals surface area contributed by atoms with Gasteiger partial charge < -0.3 is 20.1 Å². The third-order valence-electron chi connectivity index (χ3n) is 3.88. The van der Waals surface area contributed by atoms with Gasteiger partial charge in [-0.1, -0.05) is 31.9 Å². The number of aliphatic hydroxyl groups is 3. The van der Waals surface area contributed by atoms with Crippen LogP contribution in [0.4, 0.5) is 0 Å². The van der Waals surface area contributed by atoms with Crippen LogP contribution in [-0.4, -0.2) is 45.7 Å². The Morgan fingerprint density at radius 1 is 1.12 bits per heavy atom. The standard InChI is InChI=1S/C20H34O5/c1-4-7-9-12-17(11-8-5-2)25-20(24)14-13-18(22)19(23)15-16(21)10-6-3/h5-6,13-14,16-19,21-23H,2-4,7-12,15H2,1H3/b14-13+/t16-,17-,18-,19-/m0/s1. The summed E-state index contributed by atoms with van der Waals surface area (Å²) in [5, 5.41) is 29.2. The molecule has 0 aliphatic rings. The number of carbonyl (C=O) groups is 1. The van der Waals surface area contributed by atoms with E-state index in [0.29, 0.717) is 6.42 Å². The third kappa shape index (κ3) is 12.6. The van der Waals surface area contributed by atoms with Gasteiger partial charge in [-0.25, -0.2) is 4.79 Å². The van der Waals surface area contributed by atoms with Crippen LogP contribution in [-0.2, 0) is 9.53 Å². The minimum Gasteiger partial charge on any atom is -0.459 e. The number of hydrogen-bond donors (Lipinski definition) is 3. The molecule has 0 fully saturated rings. The average Bonchev–Trinajstić information content (AvgIpc) is 2.57. The fraction of sp³-hybridized carbons (Fsp3) is 0.650. The number of hydrogen-bond acceptors (Lipinski definition) is 5. The van der Waals surface area contributed by atoms with Crippen molar-refractivity contribution in [3.8, 4) is 0 Å². The third-order valence-corrected chi connectivity index (χ3v) is 3.88. The Balaban J connectivity index is 4.41. The van der Waals surface area contributed by atoms with Crippen molar-refractivity contribution < 1.29 is 24.9 Å². The van der Waals surface area contributed by atoms with Gasteiger partial charge in [0.25, 0.3) is 0 Å². The summed E-state index contributed by atoms with van der Waals surface area (Å²) in [6.07, 6.45) is 8.17. The first kappa shape index (κ1) is 23.6. The number of ether oxygens (including phenoxy) is 1. The molecular formula is C20H34O5. The zero-order valence-corrected chi connectivity index (χ0v) is 15.3. The molecule has 0 amide bonds. The van der Waals surface area contributed by atoms with E-state index in [0.717, 1.165) is 44.6 Å². The van der Waals surface area contributed by atoms with Gasteiger partial charge in [0.05, 0.1) is 18.3 Å². The molecule has 0 aromatic carbocycles. The van der Waals surface area contributed by atoms with E-state index in [-0.39, 0.29) is 12.5 Å². The molecule has 0 aliphatic carbocycles. The van der Waals surface area contributed by atoms with Gasteiger partial charge in [0, 0.05) is 12.5 Å². The molecule has 0 saturated carbocycles. The van der Waals surface area contributed by atoms with Crippen molar-refractivity contribution in [2.24, 2.45) is 0 Å². The van der Waals surface area contributed by atoms with E-state index in [1.165, 1.54) is 6.08 Å². The van der Waals surface area contributed by atoms with E-state index >= 15 is 0 Å². The quantitative estimate of drug-likeness (QED) is 0.182. The summed E-state index contributed by atoms with van der Waals surface area (Å²) in [4.78, 5) is 11.9. The summed E-state index contributed by atoms with van der Waals surface area (Å²) in [6, 6.07) is 0. The molecule has 5 heteroatoms. The molecule has 0 saturated heterocycles. The maximum atomic E-state index is 11.9. The molecule has 0 bridgehead atoms. The van der Waals surface area contributed by atoms with E-state index < -0.39 is 24.3 Å². The largest absolute Gasteiger partial charge is 0.459 e. The fourth-order valence-electron chi connectivity index (χ4n) is 2.40. The van der Waals surface area contributed by atoms with Crippen LogP contribution in [0.15, 0.2) is 37.5 Å². The molecule has 0 rings (SSSR count). The Hall–Kier alpha value is -1.43. The van der Waals surface area contributed by atoms with Crippen molar-refractivity contribution in [2.45, 2.75) is 82.7 Å². The molecule has 0 aliphatic heterocycles. The van der Waals surface area contributed by atoms with Gasteiger partial charge in [0.15, 0.2) is 0 Å². The second kappa shape index (κ2) is 14.9. The van der Waals surface area contributed by atoms with Gasteiger partial charge in [-0.05, 0) is 38.2 Å². The number of aliphatic hydroxyl groups excluding tert-OH is 3. The summed E-state index contributed by atoms with van der Waals surface area (Å²) in [7, 11) is 0. The Morgan fingerprint density at radius 2 is 1.84 bits per heavy atom. The first-order chi connectivity index (χ1) is 11.9. The van der Waals surface area contributed by atoms with Crippen molar-refractivity contribution in [1.29, 1.82) is 0 Å². The van der Waals surface area contributed by atoms with Gasteiger partial charge >= 0.3 is 5.97 Å². The molecular weight excluding hydrogens is 320 g/mol. The second-order valence-electron chi connectivity index (χ2n) is 6.25. The monoisotopic (exact) mass is 354 g/mol. The van der Waals surface area contributed by atoms with E-state index in [1.807, 2.05) is 0 Å². The number of rotatable bonds is 15. The van der Waals surface area contributed by atoms with Crippen LogP contribution in [0.3, 0.4) is 0 Å². The van der Waals surface area contributed by atoms with Crippen LogP contribution >= 0.6 is 0 Å². The van der Waals surface area contributed by atoms with E-state index in [9.17, 15) is 20.1 Å². The van der Waals surface area contributed by atoms with E-state index in [4.69, 9.17) is 4.74 Å². The lowest BCUT2D eigenvalue weighted by atomic mass is 10.0. The van der Waals surface area contributed by atoms with Crippen LogP contribution in [0, 0.1) is 0 Å². The molecule has 0 aromatic rings. The molecule has 144 valence electrons. The van der Waals surface area contributed by atoms with Crippen LogP contribution in [0.2, 0.25) is 0 Å². The SMILES string of the molecule is C=CCC[C@@H](CCCCC)OC(=O)/C=C/[C@H](O)[C@@H](O)C[C@@H](O)CC=C. The van der Waals surface area contributed by atoms with Crippen molar-refractivity contribution in [1.82, 2.24) is 0 Å². The zero-order chi connectivity index (χ0) is 19.1. The molecule has 4 atom stereocenters. The normalized spacial score (nSPS) is 16.2. The summed E-state index contributed by atoms with van der Waals surface area (Å²) in [6.45, 7) is 9.30. The van der Waals surface area contributed by atoms with Crippen molar-refractivity contribution >= 4 is 5.97 Å². The van der Waals surface area contributed by atoms with Crippen molar-refractivity contribution in [2.75, 3.05) is 0 Å². The zero-order valence-electron chi connectivity index (χ0n) is 15.3. The predicted octanol–water partition coefficient (Wildman–Crippen LogP) is 3.05. The first-order valence-electron chi connectivity index (χ1n) is 9.09. The summed E-state index contributed by atoms with van der Waals surface area (Å²) in [5.74, 6) is -0.538. The lowest BCUT2D eigenvalue weighted by Gasteiger charge is -2.18. The average molecular weight is 354 g/mol. The molecule has 0 radical (unpaired) electrons. The van der Waals surface area contributed by atoms with E-state index in [1.54, 1.807) is 12.2 Å². The molecule has 3 N–H and O–H groups in total. The van der Waals surface area contributed by atoms with Gasteiger partial charge in [0.2, 0.25) is 0 Å². The molecule has 5 nitrogen and oxygen atoms in total. The van der Waals surface area contributed by atoms with Crippen LogP contribution in [0.1, 0.15) is 58.3 Å². The lowest BCUT2D eigenvalue weighted by Crippen LogP contribution is -2.28. The van der Waals surface area contributed by atoms with Gasteiger partial charge in [-0.15, -0.1) is 13.2 Å². The molecule has 0 heterocycles. The van der Waals surface area contributed by atoms with Gasteiger partial charge in [0.1, 0.15) is 6.10 Å². The fourth-order valence-corrected chi connectivity index (χ4v) is 2.40. The number of allylic oxidation sites excluding steroid dienone is 1. The maximum absolute atomic E-state index is 11.9. The predicted molar refractivity (Wildman–Crippen MR) is 100 cm³/mol. The van der Waals surface area contributed by atoms with Crippen molar-refractivity contribution in [3.05, 3.63) is 37.5 Å². The van der Waals surface area contributed by atoms with Gasteiger partial charge in [-0.2, -0.15) is 0 Å². The molecule has 0 aromatic heterocycles. The topological polar surface area (TPSA) is 87.0 Å². The van der Waals surface area contributed by atoms with E-state index in [2.05, 4.69) is 20.1 Å². The van der Waals surface area contributed by atoms with Crippen molar-refractivity contribution in [3.63, 3.8) is 0 Å². The maximum Gasteiger partial charge on any atom is 0.330 e. The summed E-state index contributed by atoms with van der Waals surface area (Å²) >= 11 is 0. The Morgan fingerprint density at radius 3 is 2.44 bits per heavy atom. The Bertz CT molecular complexity index is 405. The lowest BCUT2D eigenvalue weighted by molar-refractivity contribution is -0.143. The van der Waals surface area contributed by atoms with Crippen LogP contribution in [0.25, 0.3) is 0 Å². The number of unbranched alkanes of at least 4 members (excludes halogenated alkanes) is 2. The summed E-state index contributed by atoms with van der Waals surface area (Å²) in [5.41, 5.74) is 0. The smallest absolute Gasteiger partial charge is 0.330 e.